The maximum Gasteiger partial charge on any atom is 0.340 e. The van der Waals surface area contributed by atoms with Gasteiger partial charge in [-0.25, -0.2) is 9.89 Å². The van der Waals surface area contributed by atoms with Crippen LogP contribution in [0.5, 0.6) is 0 Å². The molecule has 2 rings (SSSR count). The molecule has 19 heavy (non-hydrogen) atoms. The summed E-state index contributed by atoms with van der Waals surface area (Å²) in [5.74, 6) is 0.145. The Hall–Kier alpha value is -2.63. The molecule has 1 amide bonds. The van der Waals surface area contributed by atoms with E-state index in [9.17, 15) is 9.59 Å². The van der Waals surface area contributed by atoms with Crippen molar-refractivity contribution >= 4 is 12.0 Å². The van der Waals surface area contributed by atoms with Crippen molar-refractivity contribution < 1.29 is 4.79 Å². The topological polar surface area (TPSA) is 90.6 Å². The van der Waals surface area contributed by atoms with Crippen molar-refractivity contribution in [3.8, 4) is 0 Å². The molecule has 0 saturated carbocycles. The van der Waals surface area contributed by atoms with Crippen LogP contribution in [-0.4, -0.2) is 21.1 Å². The molecule has 0 aliphatic heterocycles. The second-order valence-electron chi connectivity index (χ2n) is 4.04. The predicted octanol–water partition coefficient (Wildman–Crippen LogP) is 0.989. The number of aromatic nitrogens is 3. The Kier molecular flexibility index (Phi) is 3.92. The number of hydrogen-bond donors (Lipinski definition) is 3. The highest BCUT2D eigenvalue weighted by atomic mass is 16.2. The quantitative estimate of drug-likeness (QED) is 0.714. The smallest absolute Gasteiger partial charge is 0.340 e. The summed E-state index contributed by atoms with van der Waals surface area (Å²) < 4.78 is 0. The predicted molar refractivity (Wildman–Crippen MR) is 71.2 cm³/mol. The molecule has 1 unspecified atom stereocenters. The van der Waals surface area contributed by atoms with Crippen LogP contribution in [0.2, 0.25) is 0 Å². The molecule has 6 heteroatoms. The first-order valence-electron chi connectivity index (χ1n) is 5.83. The molecule has 0 spiro atoms. The van der Waals surface area contributed by atoms with E-state index >= 15 is 0 Å². The molecule has 3 N–H and O–H groups in total. The molecule has 6 nitrogen and oxygen atoms in total. The van der Waals surface area contributed by atoms with E-state index in [0.29, 0.717) is 5.82 Å². The molecule has 0 aliphatic carbocycles. The summed E-state index contributed by atoms with van der Waals surface area (Å²) in [7, 11) is 0. The van der Waals surface area contributed by atoms with E-state index in [4.69, 9.17) is 0 Å². The van der Waals surface area contributed by atoms with Crippen LogP contribution < -0.4 is 11.0 Å². The molecule has 0 fully saturated rings. The summed E-state index contributed by atoms with van der Waals surface area (Å²) in [4.78, 5) is 25.1. The fraction of sp³-hybridized carbons (Fsp3) is 0.154. The lowest BCUT2D eigenvalue weighted by molar-refractivity contribution is -0.117. The molecular formula is C13H14N4O2. The molecule has 2 aromatic rings. The lowest BCUT2D eigenvalue weighted by atomic mass is 10.2. The van der Waals surface area contributed by atoms with Gasteiger partial charge in [-0.05, 0) is 18.6 Å². The highest BCUT2D eigenvalue weighted by Crippen LogP contribution is 2.04. The molecule has 1 atom stereocenters. The summed E-state index contributed by atoms with van der Waals surface area (Å²) in [5, 5.41) is 8.71. The zero-order chi connectivity index (χ0) is 13.7. The third-order valence-electron chi connectivity index (χ3n) is 2.52. The fourth-order valence-corrected chi connectivity index (χ4v) is 1.55. The van der Waals surface area contributed by atoms with E-state index in [1.165, 1.54) is 6.08 Å². The third kappa shape index (κ3) is 3.67. The van der Waals surface area contributed by atoms with Crippen molar-refractivity contribution in [1.29, 1.82) is 0 Å². The first-order chi connectivity index (χ1) is 9.15. The summed E-state index contributed by atoms with van der Waals surface area (Å²) in [6.07, 6.45) is 3.16. The van der Waals surface area contributed by atoms with Gasteiger partial charge in [0.05, 0.1) is 6.04 Å². The molecule has 1 aromatic heterocycles. The van der Waals surface area contributed by atoms with Crippen LogP contribution in [0, 0.1) is 0 Å². The van der Waals surface area contributed by atoms with Gasteiger partial charge in [0.2, 0.25) is 5.91 Å². The van der Waals surface area contributed by atoms with Crippen LogP contribution in [-0.2, 0) is 4.79 Å². The Morgan fingerprint density at radius 2 is 2.11 bits per heavy atom. The van der Waals surface area contributed by atoms with Gasteiger partial charge in [0, 0.05) is 6.08 Å². The summed E-state index contributed by atoms with van der Waals surface area (Å²) in [5.41, 5.74) is 0.550. The molecule has 1 heterocycles. The van der Waals surface area contributed by atoms with Crippen LogP contribution in [0.15, 0.2) is 41.2 Å². The number of hydrogen-bond acceptors (Lipinski definition) is 3. The van der Waals surface area contributed by atoms with Crippen LogP contribution in [0.25, 0.3) is 6.08 Å². The van der Waals surface area contributed by atoms with Crippen molar-refractivity contribution in [2.45, 2.75) is 13.0 Å². The number of carbonyl (C=O) groups excluding carboxylic acids is 1. The Morgan fingerprint density at radius 3 is 2.74 bits per heavy atom. The van der Waals surface area contributed by atoms with Gasteiger partial charge in [-0.3, -0.25) is 9.78 Å². The summed E-state index contributed by atoms with van der Waals surface area (Å²) >= 11 is 0. The van der Waals surface area contributed by atoms with E-state index in [0.717, 1.165) is 5.56 Å². The summed E-state index contributed by atoms with van der Waals surface area (Å²) in [6, 6.07) is 9.14. The largest absolute Gasteiger partial charge is 0.343 e. The van der Waals surface area contributed by atoms with E-state index in [2.05, 4.69) is 20.5 Å². The SMILES string of the molecule is CC(NC(=O)C=Cc1ccccc1)c1n[nH]c(=O)[nH]1. The van der Waals surface area contributed by atoms with Gasteiger partial charge in [-0.15, -0.1) is 0 Å². The van der Waals surface area contributed by atoms with Crippen molar-refractivity contribution in [2.75, 3.05) is 0 Å². The number of nitrogens with zero attached hydrogens (tertiary/aromatic N) is 1. The number of nitrogens with one attached hydrogen (secondary N) is 3. The normalized spacial score (nSPS) is 12.5. The van der Waals surface area contributed by atoms with Crippen LogP contribution in [0.1, 0.15) is 24.4 Å². The van der Waals surface area contributed by atoms with Crippen molar-refractivity contribution in [1.82, 2.24) is 20.5 Å². The summed E-state index contributed by atoms with van der Waals surface area (Å²) in [6.45, 7) is 1.74. The number of benzene rings is 1. The second kappa shape index (κ2) is 5.81. The number of aromatic amines is 2. The van der Waals surface area contributed by atoms with Crippen molar-refractivity contribution in [3.63, 3.8) is 0 Å². The minimum atomic E-state index is -0.393. The van der Waals surface area contributed by atoms with Gasteiger partial charge in [0.25, 0.3) is 0 Å². The molecule has 0 aliphatic rings. The Bertz CT molecular complexity index is 627. The molecule has 0 radical (unpaired) electrons. The molecule has 0 bridgehead atoms. The molecule has 0 saturated heterocycles. The lowest BCUT2D eigenvalue weighted by Crippen LogP contribution is -2.25. The van der Waals surface area contributed by atoms with Crippen molar-refractivity contribution in [3.05, 3.63) is 58.3 Å². The maximum absolute atomic E-state index is 11.7. The minimum Gasteiger partial charge on any atom is -0.343 e. The Balaban J connectivity index is 1.94. The maximum atomic E-state index is 11.7. The molecular weight excluding hydrogens is 244 g/mol. The average Bonchev–Trinajstić information content (AvgIpc) is 2.84. The highest BCUT2D eigenvalue weighted by Gasteiger charge is 2.10. The first kappa shape index (κ1) is 12.8. The van der Waals surface area contributed by atoms with E-state index in [1.54, 1.807) is 13.0 Å². The monoisotopic (exact) mass is 258 g/mol. The van der Waals surface area contributed by atoms with Gasteiger partial charge in [-0.1, -0.05) is 30.3 Å². The van der Waals surface area contributed by atoms with E-state index in [-0.39, 0.29) is 11.9 Å². The number of carbonyl (C=O) groups is 1. The first-order valence-corrected chi connectivity index (χ1v) is 5.83. The van der Waals surface area contributed by atoms with Gasteiger partial charge in [0.15, 0.2) is 5.82 Å². The van der Waals surface area contributed by atoms with Crippen molar-refractivity contribution in [2.24, 2.45) is 0 Å². The van der Waals surface area contributed by atoms with E-state index in [1.807, 2.05) is 30.3 Å². The van der Waals surface area contributed by atoms with Gasteiger partial charge in [-0.2, -0.15) is 5.10 Å². The molecule has 1 aromatic carbocycles. The van der Waals surface area contributed by atoms with Gasteiger partial charge in [0.1, 0.15) is 0 Å². The standard InChI is InChI=1S/C13H14N4O2/c1-9(12-15-13(19)17-16-12)14-11(18)8-7-10-5-3-2-4-6-10/h2-9H,1H3,(H,14,18)(H2,15,16,17,19). The number of rotatable bonds is 4. The van der Waals surface area contributed by atoms with Gasteiger partial charge >= 0.3 is 5.69 Å². The van der Waals surface area contributed by atoms with Gasteiger partial charge < -0.3 is 5.32 Å². The fourth-order valence-electron chi connectivity index (χ4n) is 1.55. The zero-order valence-electron chi connectivity index (χ0n) is 10.4. The highest BCUT2D eigenvalue weighted by molar-refractivity contribution is 5.91. The molecule has 98 valence electrons. The third-order valence-corrected chi connectivity index (χ3v) is 2.52. The number of H-pyrrole nitrogens is 2. The zero-order valence-corrected chi connectivity index (χ0v) is 10.4. The Labute approximate surface area is 109 Å². The van der Waals surface area contributed by atoms with Crippen LogP contribution in [0.4, 0.5) is 0 Å². The van der Waals surface area contributed by atoms with E-state index < -0.39 is 5.69 Å². The number of amides is 1. The minimum absolute atomic E-state index is 0.250. The average molecular weight is 258 g/mol. The van der Waals surface area contributed by atoms with Crippen LogP contribution in [0.3, 0.4) is 0 Å². The lowest BCUT2D eigenvalue weighted by Gasteiger charge is -2.08. The second-order valence-corrected chi connectivity index (χ2v) is 4.04. The van der Waals surface area contributed by atoms with Crippen LogP contribution >= 0.6 is 0 Å². The Morgan fingerprint density at radius 1 is 1.37 bits per heavy atom.